The molecule has 586 valence electrons. The van der Waals surface area contributed by atoms with Crippen LogP contribution in [-0.4, -0.2) is 96.7 Å². The summed E-state index contributed by atoms with van der Waals surface area (Å²) < 4.78 is 68.4. The predicted octanol–water partition coefficient (Wildman–Crippen LogP) is 22.5. The van der Waals surface area contributed by atoms with Gasteiger partial charge in [0.05, 0.1) is 26.4 Å². The Hall–Kier alpha value is -6.10. The third kappa shape index (κ3) is 74.2. The van der Waals surface area contributed by atoms with Crippen molar-refractivity contribution in [1.82, 2.24) is 0 Å². The number of ether oxygens (including phenoxy) is 4. The van der Waals surface area contributed by atoms with Crippen LogP contribution in [0, 0.1) is 0 Å². The lowest BCUT2D eigenvalue weighted by Gasteiger charge is -2.21. The average molecular weight is 1490 g/mol. The lowest BCUT2D eigenvalue weighted by atomic mass is 10.1. The first-order valence-corrected chi connectivity index (χ1v) is 41.7. The number of rotatable bonds is 70. The number of esters is 4. The van der Waals surface area contributed by atoms with Gasteiger partial charge in [0.1, 0.15) is 19.3 Å². The Morgan fingerprint density at radius 1 is 0.279 bits per heavy atom. The molecule has 5 unspecified atom stereocenters. The van der Waals surface area contributed by atoms with Gasteiger partial charge in [0.25, 0.3) is 0 Å². The Balaban J connectivity index is 5.51. The summed E-state index contributed by atoms with van der Waals surface area (Å²) in [7, 11) is -10.0. The molecule has 0 aromatic heterocycles. The molecule has 0 fully saturated rings. The zero-order valence-electron chi connectivity index (χ0n) is 63.9. The molecular formula is C85H134O17P2. The maximum atomic E-state index is 13.1. The Morgan fingerprint density at radius 2 is 0.510 bits per heavy atom. The number of hydrogen-bond donors (Lipinski definition) is 3. The SMILES string of the molecule is CC/C=C\C/C=C\C/C=C\C/C=C\C/C=C\CCCC(=O)OCC(COP(=O)(O)OCC(O)COP(=O)(O)OCC(COC(=O)CCC/C=C\C/C=C\C/C=C\C/C=C\C/C=C\CC)OC(=O)CCCCCCC/C=C\C/C=C\CCC)OC(=O)CCCCCC/C=C\C/C=C\C/C=C\C/C=C\CC. The second-order valence-electron chi connectivity index (χ2n) is 24.8. The van der Waals surface area contributed by atoms with Crippen molar-refractivity contribution in [2.45, 2.75) is 277 Å². The first-order valence-electron chi connectivity index (χ1n) is 38.7. The van der Waals surface area contributed by atoms with Crippen molar-refractivity contribution < 1.29 is 80.2 Å². The molecule has 5 atom stereocenters. The van der Waals surface area contributed by atoms with Gasteiger partial charge in [0.15, 0.2) is 12.2 Å². The highest BCUT2D eigenvalue weighted by Crippen LogP contribution is 2.45. The van der Waals surface area contributed by atoms with E-state index in [1.165, 1.54) is 0 Å². The molecule has 0 aliphatic rings. The number of carbonyl (C=O) groups excluding carboxylic acids is 4. The maximum absolute atomic E-state index is 13.1. The molecule has 0 radical (unpaired) electrons. The van der Waals surface area contributed by atoms with Crippen molar-refractivity contribution >= 4 is 39.5 Å². The predicted molar refractivity (Wildman–Crippen MR) is 426 cm³/mol. The summed E-state index contributed by atoms with van der Waals surface area (Å²) in [6.07, 6.45) is 91.5. The van der Waals surface area contributed by atoms with Crippen molar-refractivity contribution in [1.29, 1.82) is 0 Å². The largest absolute Gasteiger partial charge is 0.472 e. The third-order valence-corrected chi connectivity index (χ3v) is 16.9. The Morgan fingerprint density at radius 3 is 0.798 bits per heavy atom. The van der Waals surface area contributed by atoms with Crippen molar-refractivity contribution in [3.63, 3.8) is 0 Å². The highest BCUT2D eigenvalue weighted by atomic mass is 31.2. The molecule has 0 rings (SSSR count). The van der Waals surface area contributed by atoms with E-state index in [0.29, 0.717) is 38.5 Å². The number of hydrogen-bond acceptors (Lipinski definition) is 15. The van der Waals surface area contributed by atoms with Gasteiger partial charge < -0.3 is 33.8 Å². The average Bonchev–Trinajstić information content (AvgIpc) is 0.910. The third-order valence-electron chi connectivity index (χ3n) is 15.0. The number of unbranched alkanes of at least 4 members (excludes halogenated alkanes) is 12. The number of aliphatic hydroxyl groups excluding tert-OH is 1. The highest BCUT2D eigenvalue weighted by Gasteiger charge is 2.30. The topological polar surface area (TPSA) is 237 Å². The number of phosphoric acid groups is 2. The van der Waals surface area contributed by atoms with Crippen molar-refractivity contribution in [3.8, 4) is 0 Å². The normalized spacial score (nSPS) is 15.0. The summed E-state index contributed by atoms with van der Waals surface area (Å²) in [5, 5.41) is 10.6. The molecule has 0 saturated carbocycles. The molecular weight excluding hydrogens is 1350 g/mol. The van der Waals surface area contributed by atoms with Gasteiger partial charge in [0, 0.05) is 25.7 Å². The second kappa shape index (κ2) is 75.1. The van der Waals surface area contributed by atoms with E-state index in [2.05, 4.69) is 198 Å². The molecule has 0 saturated heterocycles. The molecule has 19 heteroatoms. The molecule has 0 spiro atoms. The quantitative estimate of drug-likeness (QED) is 0.0169. The molecule has 3 N–H and O–H groups in total. The molecule has 17 nitrogen and oxygen atoms in total. The zero-order valence-corrected chi connectivity index (χ0v) is 65.6. The van der Waals surface area contributed by atoms with E-state index in [9.17, 15) is 43.2 Å². The summed E-state index contributed by atoms with van der Waals surface area (Å²) in [5.74, 6) is -2.38. The summed E-state index contributed by atoms with van der Waals surface area (Å²) in [5.41, 5.74) is 0. The molecule has 0 aromatic carbocycles. The smallest absolute Gasteiger partial charge is 0.462 e. The van der Waals surface area contributed by atoms with E-state index >= 15 is 0 Å². The van der Waals surface area contributed by atoms with Crippen LogP contribution in [0.4, 0.5) is 0 Å². The Kier molecular flexibility index (Phi) is 70.7. The van der Waals surface area contributed by atoms with E-state index in [1.54, 1.807) is 0 Å². The fourth-order valence-electron chi connectivity index (χ4n) is 9.26. The molecule has 0 amide bonds. The summed E-state index contributed by atoms with van der Waals surface area (Å²) in [6.45, 7) is 4.25. The van der Waals surface area contributed by atoms with Gasteiger partial charge in [0.2, 0.25) is 0 Å². The van der Waals surface area contributed by atoms with Crippen LogP contribution in [0.1, 0.15) is 259 Å². The fourth-order valence-corrected chi connectivity index (χ4v) is 10.8. The van der Waals surface area contributed by atoms with Crippen molar-refractivity contribution in [2.75, 3.05) is 39.6 Å². The number of allylic oxidation sites excluding steroid dienone is 32. The monoisotopic (exact) mass is 1490 g/mol. The van der Waals surface area contributed by atoms with E-state index < -0.39 is 97.5 Å². The molecule has 0 bridgehead atoms. The van der Waals surface area contributed by atoms with Crippen molar-refractivity contribution in [3.05, 3.63) is 194 Å². The first kappa shape index (κ1) is 97.9. The zero-order chi connectivity index (χ0) is 76.0. The lowest BCUT2D eigenvalue weighted by Crippen LogP contribution is -2.30. The van der Waals surface area contributed by atoms with Crippen LogP contribution >= 0.6 is 15.6 Å². The van der Waals surface area contributed by atoms with Crippen LogP contribution in [0.3, 0.4) is 0 Å². The van der Waals surface area contributed by atoms with E-state index in [1.807, 2.05) is 24.3 Å². The number of phosphoric ester groups is 2. The molecule has 0 heterocycles. The van der Waals surface area contributed by atoms with Gasteiger partial charge in [-0.2, -0.15) is 0 Å². The van der Waals surface area contributed by atoms with Crippen LogP contribution in [0.25, 0.3) is 0 Å². The Bertz CT molecular complexity index is 2740. The van der Waals surface area contributed by atoms with Gasteiger partial charge in [-0.05, 0) is 167 Å². The minimum Gasteiger partial charge on any atom is -0.462 e. The molecule has 0 aliphatic carbocycles. The van der Waals surface area contributed by atoms with Gasteiger partial charge >= 0.3 is 39.5 Å². The van der Waals surface area contributed by atoms with Crippen LogP contribution < -0.4 is 0 Å². The molecule has 0 aliphatic heterocycles. The van der Waals surface area contributed by atoms with Crippen LogP contribution in [0.2, 0.25) is 0 Å². The van der Waals surface area contributed by atoms with Gasteiger partial charge in [-0.3, -0.25) is 37.3 Å². The standard InChI is InChI=1S/C85H134O17P2/c1-5-9-13-17-21-25-29-33-36-39-42-46-49-53-57-61-65-69-82(87)95-75-80(101-84(89)71-67-63-59-55-51-45-32-28-24-20-16-12-8-4)77-99-103(91,92)97-73-79(86)74-98-104(93,94)100-78-81(102-85(90)72-68-64-60-56-52-48-44-41-38-35-31-27-23-19-15-11-7-3)76-96-83(88)70-66-62-58-54-50-47-43-40-37-34-30-26-22-18-14-10-6-2/h9-11,13-16,20-23,25-28,32-38,42-44,46-48,53-54,57-58,79-81,86H,5-8,12,17-19,24,29-31,39-41,45,49-52,55-56,59-78H2,1-4H3,(H,91,92)(H,93,94)/b13-9-,14-10-,15-11-,20-16-,25-21-,26-22-,27-23-,32-28-,36-33-,37-34-,38-35-,46-42-,47-43-,48-44-,57-53-,58-54-. The lowest BCUT2D eigenvalue weighted by molar-refractivity contribution is -0.161. The molecule has 0 aromatic rings. The van der Waals surface area contributed by atoms with Gasteiger partial charge in [-0.15, -0.1) is 0 Å². The van der Waals surface area contributed by atoms with Gasteiger partial charge in [-0.1, -0.05) is 261 Å². The fraction of sp³-hybridized carbons (Fsp3) is 0.576. The van der Waals surface area contributed by atoms with E-state index in [4.69, 9.17) is 37.0 Å². The summed E-state index contributed by atoms with van der Waals surface area (Å²) in [6, 6.07) is 0. The first-order chi connectivity index (χ1) is 50.7. The van der Waals surface area contributed by atoms with E-state index in [-0.39, 0.29) is 25.7 Å². The maximum Gasteiger partial charge on any atom is 0.472 e. The molecule has 104 heavy (non-hydrogen) atoms. The highest BCUT2D eigenvalue weighted by molar-refractivity contribution is 7.47. The summed E-state index contributed by atoms with van der Waals surface area (Å²) >= 11 is 0. The minimum atomic E-state index is -5.01. The van der Waals surface area contributed by atoms with Crippen LogP contribution in [-0.2, 0) is 65.4 Å². The summed E-state index contributed by atoms with van der Waals surface area (Å²) in [4.78, 5) is 72.9. The van der Waals surface area contributed by atoms with Crippen LogP contribution in [0.15, 0.2) is 194 Å². The van der Waals surface area contributed by atoms with E-state index in [0.717, 1.165) is 167 Å². The number of carbonyl (C=O) groups is 4. The van der Waals surface area contributed by atoms with Gasteiger partial charge in [-0.25, -0.2) is 9.13 Å². The van der Waals surface area contributed by atoms with Crippen LogP contribution in [0.5, 0.6) is 0 Å². The van der Waals surface area contributed by atoms with Crippen molar-refractivity contribution in [2.24, 2.45) is 0 Å². The second-order valence-corrected chi connectivity index (χ2v) is 27.7. The minimum absolute atomic E-state index is 0.0449. The number of aliphatic hydroxyl groups is 1. The Labute approximate surface area is 627 Å².